The van der Waals surface area contributed by atoms with Crippen molar-refractivity contribution < 1.29 is 41.0 Å². The maximum Gasteiger partial charge on any atom is 0.431 e. The van der Waals surface area contributed by atoms with Crippen molar-refractivity contribution in [2.75, 3.05) is 24.4 Å². The number of aromatic nitrogens is 2. The van der Waals surface area contributed by atoms with E-state index in [2.05, 4.69) is 15.3 Å². The van der Waals surface area contributed by atoms with Gasteiger partial charge in [0.05, 0.1) is 22.8 Å². The summed E-state index contributed by atoms with van der Waals surface area (Å²) < 4.78 is 92.1. The number of likely N-dealkylation sites (N-methyl/N-ethyl adjacent to an activating group) is 1. The van der Waals surface area contributed by atoms with E-state index in [9.17, 15) is 31.9 Å². The van der Waals surface area contributed by atoms with Crippen LogP contribution in [0, 0.1) is 12.7 Å². The molecule has 1 aliphatic rings. The summed E-state index contributed by atoms with van der Waals surface area (Å²) in [5.74, 6) is -6.25. The number of amides is 1. The van der Waals surface area contributed by atoms with Crippen LogP contribution in [0.2, 0.25) is 0 Å². The van der Waals surface area contributed by atoms with Gasteiger partial charge in [-0.05, 0) is 45.9 Å². The Morgan fingerprint density at radius 3 is 2.33 bits per heavy atom. The van der Waals surface area contributed by atoms with E-state index >= 15 is 4.39 Å². The fourth-order valence-corrected chi connectivity index (χ4v) is 4.74. The first-order chi connectivity index (χ1) is 17.9. The van der Waals surface area contributed by atoms with Crippen molar-refractivity contribution >= 4 is 28.3 Å². The zero-order valence-electron chi connectivity index (χ0n) is 21.8. The van der Waals surface area contributed by atoms with Crippen LogP contribution >= 0.6 is 0 Å². The number of anilines is 2. The fraction of sp³-hybridized carbons (Fsp3) is 0.423. The number of halogens is 6. The Bertz CT molecular complexity index is 1470. The number of carbonyl (C=O) groups is 1. The molecule has 0 saturated carbocycles. The Kier molecular flexibility index (Phi) is 6.63. The lowest BCUT2D eigenvalue weighted by Gasteiger charge is -2.30. The van der Waals surface area contributed by atoms with Gasteiger partial charge in [-0.2, -0.15) is 22.0 Å². The number of alkyl halides is 5. The van der Waals surface area contributed by atoms with E-state index in [1.54, 1.807) is 0 Å². The highest BCUT2D eigenvalue weighted by atomic mass is 19.4. The molecule has 0 spiro atoms. The number of nitrogens with one attached hydrogen (secondary N) is 1. The van der Waals surface area contributed by atoms with Gasteiger partial charge in [0, 0.05) is 30.7 Å². The van der Waals surface area contributed by atoms with Gasteiger partial charge in [-0.25, -0.2) is 14.4 Å². The van der Waals surface area contributed by atoms with Gasteiger partial charge in [0.15, 0.2) is 0 Å². The number of carbonyl (C=O) groups excluding carboxylic acids is 1. The molecule has 13 heteroatoms. The lowest BCUT2D eigenvalue weighted by molar-refractivity contribution is -0.262. The second kappa shape index (κ2) is 9.05. The van der Waals surface area contributed by atoms with Gasteiger partial charge in [-0.1, -0.05) is 12.1 Å². The SMILES string of the molecule is COC1(C(F)(F)F)C(=O)N(C)c2cc3c(NC(C)c4cccc(C(F)(F)C(C)(C)O)c4F)nc(C)nc3cc21. The van der Waals surface area contributed by atoms with Crippen LogP contribution in [0.1, 0.15) is 49.3 Å². The Labute approximate surface area is 219 Å². The monoisotopic (exact) mass is 556 g/mol. The summed E-state index contributed by atoms with van der Waals surface area (Å²) in [4.78, 5) is 22.1. The van der Waals surface area contributed by atoms with E-state index in [-0.39, 0.29) is 33.8 Å². The van der Waals surface area contributed by atoms with E-state index in [0.29, 0.717) is 0 Å². The Morgan fingerprint density at radius 1 is 1.13 bits per heavy atom. The van der Waals surface area contributed by atoms with E-state index in [0.717, 1.165) is 38.0 Å². The molecule has 1 amide bonds. The summed E-state index contributed by atoms with van der Waals surface area (Å²) in [6.45, 7) is 4.70. The van der Waals surface area contributed by atoms with Gasteiger partial charge in [0.1, 0.15) is 23.1 Å². The van der Waals surface area contributed by atoms with Gasteiger partial charge in [-0.3, -0.25) is 4.79 Å². The molecule has 2 atom stereocenters. The molecular formula is C26H26F6N4O3. The lowest BCUT2D eigenvalue weighted by Crippen LogP contribution is -2.51. The van der Waals surface area contributed by atoms with Crippen LogP contribution < -0.4 is 10.2 Å². The number of rotatable bonds is 6. The number of aryl methyl sites for hydroxylation is 1. The standard InChI is InChI=1S/C26H26F6N4O3/c1-12(14-8-7-9-16(20(14)27)25(28,29)23(3,4)38)33-21-15-10-19-17(11-18(15)34-13(2)35-21)24(39-6,26(30,31)32)22(37)36(19)5/h7-12,38H,1-6H3,(H,33,34,35). The molecule has 7 nitrogen and oxygen atoms in total. The average molecular weight is 557 g/mol. The number of benzene rings is 2. The number of methoxy groups -OCH3 is 1. The lowest BCUT2D eigenvalue weighted by atomic mass is 9.91. The van der Waals surface area contributed by atoms with Crippen molar-refractivity contribution in [3.63, 3.8) is 0 Å². The first kappa shape index (κ1) is 28.6. The molecule has 0 fully saturated rings. The second-order valence-corrected chi connectivity index (χ2v) is 9.96. The minimum Gasteiger partial charge on any atom is -0.384 e. The van der Waals surface area contributed by atoms with Crippen molar-refractivity contribution in [3.05, 3.63) is 58.7 Å². The van der Waals surface area contributed by atoms with Gasteiger partial charge < -0.3 is 20.1 Å². The van der Waals surface area contributed by atoms with Crippen LogP contribution in [0.5, 0.6) is 0 Å². The summed E-state index contributed by atoms with van der Waals surface area (Å²) in [5.41, 5.74) is -7.40. The van der Waals surface area contributed by atoms with Crippen LogP contribution in [0.25, 0.3) is 10.9 Å². The number of hydrogen-bond acceptors (Lipinski definition) is 6. The van der Waals surface area contributed by atoms with Gasteiger partial charge >= 0.3 is 12.1 Å². The maximum absolute atomic E-state index is 15.3. The van der Waals surface area contributed by atoms with Crippen LogP contribution in [-0.2, 0) is 21.1 Å². The molecule has 4 rings (SSSR count). The third-order valence-corrected chi connectivity index (χ3v) is 6.93. The smallest absolute Gasteiger partial charge is 0.384 e. The highest BCUT2D eigenvalue weighted by Crippen LogP contribution is 2.52. The molecule has 0 saturated heterocycles. The summed E-state index contributed by atoms with van der Waals surface area (Å²) in [5, 5.41) is 13.0. The van der Waals surface area contributed by atoms with Crippen LogP contribution in [0.4, 0.5) is 37.8 Å². The topological polar surface area (TPSA) is 87.6 Å². The van der Waals surface area contributed by atoms with Crippen molar-refractivity contribution in [2.45, 2.75) is 57.0 Å². The molecule has 2 N–H and O–H groups in total. The van der Waals surface area contributed by atoms with E-state index in [1.165, 1.54) is 39.1 Å². The van der Waals surface area contributed by atoms with Crippen LogP contribution in [0.15, 0.2) is 30.3 Å². The Balaban J connectivity index is 1.84. The molecular weight excluding hydrogens is 530 g/mol. The normalized spacial score (nSPS) is 19.0. The van der Waals surface area contributed by atoms with Crippen LogP contribution in [0.3, 0.4) is 0 Å². The molecule has 39 heavy (non-hydrogen) atoms. The molecule has 1 aromatic heterocycles. The molecule has 210 valence electrons. The highest BCUT2D eigenvalue weighted by molar-refractivity contribution is 6.10. The minimum absolute atomic E-state index is 0.0486. The number of fused-ring (bicyclic) bond motifs is 2. The predicted molar refractivity (Wildman–Crippen MR) is 131 cm³/mol. The maximum atomic E-state index is 15.3. The molecule has 0 bridgehead atoms. The third kappa shape index (κ3) is 4.18. The Morgan fingerprint density at radius 2 is 1.77 bits per heavy atom. The zero-order chi connectivity index (χ0) is 29.3. The van der Waals surface area contributed by atoms with Gasteiger partial charge in [0.25, 0.3) is 11.5 Å². The molecule has 0 aliphatic carbocycles. The largest absolute Gasteiger partial charge is 0.431 e. The molecule has 3 aromatic rings. The highest BCUT2D eigenvalue weighted by Gasteiger charge is 2.68. The first-order valence-electron chi connectivity index (χ1n) is 11.8. The van der Waals surface area contributed by atoms with Crippen LogP contribution in [-0.4, -0.2) is 46.9 Å². The quantitative estimate of drug-likeness (QED) is 0.391. The molecule has 2 unspecified atom stereocenters. The number of hydrogen-bond donors (Lipinski definition) is 2. The zero-order valence-corrected chi connectivity index (χ0v) is 21.8. The summed E-state index contributed by atoms with van der Waals surface area (Å²) in [6.07, 6.45) is -5.07. The van der Waals surface area contributed by atoms with Crippen molar-refractivity contribution in [3.8, 4) is 0 Å². The molecule has 1 aliphatic heterocycles. The van der Waals surface area contributed by atoms with Crippen molar-refractivity contribution in [1.29, 1.82) is 0 Å². The van der Waals surface area contributed by atoms with Crippen molar-refractivity contribution in [1.82, 2.24) is 9.97 Å². The third-order valence-electron chi connectivity index (χ3n) is 6.93. The summed E-state index contributed by atoms with van der Waals surface area (Å²) in [7, 11) is 1.97. The van der Waals surface area contributed by atoms with Gasteiger partial charge in [-0.15, -0.1) is 0 Å². The first-order valence-corrected chi connectivity index (χ1v) is 11.8. The van der Waals surface area contributed by atoms with E-state index in [1.807, 2.05) is 0 Å². The van der Waals surface area contributed by atoms with Crippen molar-refractivity contribution in [2.24, 2.45) is 0 Å². The summed E-state index contributed by atoms with van der Waals surface area (Å²) >= 11 is 0. The number of ether oxygens (including phenoxy) is 1. The van der Waals surface area contributed by atoms with E-state index in [4.69, 9.17) is 4.74 Å². The fourth-order valence-electron chi connectivity index (χ4n) is 4.74. The summed E-state index contributed by atoms with van der Waals surface area (Å²) in [6, 6.07) is 4.82. The van der Waals surface area contributed by atoms with Gasteiger partial charge in [0.2, 0.25) is 0 Å². The average Bonchev–Trinajstić information content (AvgIpc) is 3.03. The number of aliphatic hydroxyl groups is 1. The molecule has 2 aromatic carbocycles. The van der Waals surface area contributed by atoms with E-state index < -0.39 is 52.2 Å². The second-order valence-electron chi connectivity index (χ2n) is 9.96. The Hall–Kier alpha value is -3.45. The number of nitrogens with zero attached hydrogens (tertiary/aromatic N) is 3. The molecule has 0 radical (unpaired) electrons. The minimum atomic E-state index is -5.07. The molecule has 2 heterocycles. The predicted octanol–water partition coefficient (Wildman–Crippen LogP) is 5.49.